The van der Waals surface area contributed by atoms with Crippen molar-refractivity contribution in [3.8, 4) is 5.75 Å². The predicted octanol–water partition coefficient (Wildman–Crippen LogP) is 3.55. The lowest BCUT2D eigenvalue weighted by atomic mass is 10.3. The van der Waals surface area contributed by atoms with Gasteiger partial charge in [0.1, 0.15) is 5.75 Å². The molecule has 1 amide bonds. The van der Waals surface area contributed by atoms with E-state index >= 15 is 0 Å². The number of rotatable bonds is 6. The SMILES string of the molecule is O=C(COC(=O)COc1cccc(Cl)c1)Nc1ccc(Cl)cc1. The van der Waals surface area contributed by atoms with Crippen molar-refractivity contribution < 1.29 is 19.1 Å². The second-order valence-electron chi connectivity index (χ2n) is 4.46. The normalized spacial score (nSPS) is 10.0. The molecule has 0 bridgehead atoms. The van der Waals surface area contributed by atoms with Gasteiger partial charge in [-0.05, 0) is 42.5 Å². The zero-order valence-electron chi connectivity index (χ0n) is 11.9. The zero-order chi connectivity index (χ0) is 16.7. The van der Waals surface area contributed by atoms with Crippen LogP contribution in [0.2, 0.25) is 10.0 Å². The highest BCUT2D eigenvalue weighted by Gasteiger charge is 2.09. The van der Waals surface area contributed by atoms with Crippen LogP contribution >= 0.6 is 23.2 Å². The molecule has 0 heterocycles. The Balaban J connectivity index is 1.71. The molecule has 0 radical (unpaired) electrons. The number of hydrogen-bond donors (Lipinski definition) is 1. The Hall–Kier alpha value is -2.24. The van der Waals surface area contributed by atoms with Gasteiger partial charge in [0.2, 0.25) is 0 Å². The van der Waals surface area contributed by atoms with Crippen LogP contribution in [-0.4, -0.2) is 25.1 Å². The molecule has 0 aromatic heterocycles. The molecule has 0 atom stereocenters. The Morgan fingerprint density at radius 3 is 2.39 bits per heavy atom. The van der Waals surface area contributed by atoms with Crippen molar-refractivity contribution in [1.29, 1.82) is 0 Å². The van der Waals surface area contributed by atoms with Crippen LogP contribution in [0.15, 0.2) is 48.5 Å². The van der Waals surface area contributed by atoms with E-state index in [0.29, 0.717) is 21.5 Å². The van der Waals surface area contributed by atoms with E-state index in [-0.39, 0.29) is 6.61 Å². The number of nitrogens with one attached hydrogen (secondary N) is 1. The van der Waals surface area contributed by atoms with E-state index in [0.717, 1.165) is 0 Å². The first-order valence-corrected chi connectivity index (χ1v) is 7.38. The molecule has 5 nitrogen and oxygen atoms in total. The van der Waals surface area contributed by atoms with Crippen LogP contribution in [0.5, 0.6) is 5.75 Å². The lowest BCUT2D eigenvalue weighted by Gasteiger charge is -2.08. The van der Waals surface area contributed by atoms with Crippen molar-refractivity contribution >= 4 is 40.8 Å². The Bertz CT molecular complexity index is 689. The van der Waals surface area contributed by atoms with Gasteiger partial charge in [-0.2, -0.15) is 0 Å². The Labute approximate surface area is 143 Å². The molecule has 0 aliphatic carbocycles. The molecule has 0 unspecified atom stereocenters. The fourth-order valence-electron chi connectivity index (χ4n) is 1.62. The van der Waals surface area contributed by atoms with Crippen LogP contribution in [0.25, 0.3) is 0 Å². The van der Waals surface area contributed by atoms with Gasteiger partial charge < -0.3 is 14.8 Å². The number of ether oxygens (including phenoxy) is 2. The lowest BCUT2D eigenvalue weighted by Crippen LogP contribution is -2.23. The van der Waals surface area contributed by atoms with E-state index in [4.69, 9.17) is 32.7 Å². The van der Waals surface area contributed by atoms with E-state index in [2.05, 4.69) is 5.32 Å². The van der Waals surface area contributed by atoms with Crippen LogP contribution < -0.4 is 10.1 Å². The van der Waals surface area contributed by atoms with Crippen molar-refractivity contribution in [2.45, 2.75) is 0 Å². The maximum Gasteiger partial charge on any atom is 0.344 e. The summed E-state index contributed by atoms with van der Waals surface area (Å²) in [6, 6.07) is 13.2. The molecule has 1 N–H and O–H groups in total. The van der Waals surface area contributed by atoms with Gasteiger partial charge in [0.05, 0.1) is 0 Å². The third kappa shape index (κ3) is 6.18. The minimum absolute atomic E-state index is 0.311. The van der Waals surface area contributed by atoms with Crippen molar-refractivity contribution in [2.24, 2.45) is 0 Å². The van der Waals surface area contributed by atoms with Crippen LogP contribution in [-0.2, 0) is 14.3 Å². The summed E-state index contributed by atoms with van der Waals surface area (Å²) in [4.78, 5) is 23.2. The summed E-state index contributed by atoms with van der Waals surface area (Å²) in [5.74, 6) is -0.667. The molecule has 0 fully saturated rings. The van der Waals surface area contributed by atoms with E-state index in [1.165, 1.54) is 0 Å². The number of carbonyl (C=O) groups excluding carboxylic acids is 2. The largest absolute Gasteiger partial charge is 0.482 e. The number of anilines is 1. The second-order valence-corrected chi connectivity index (χ2v) is 5.33. The van der Waals surface area contributed by atoms with E-state index in [1.807, 2.05) is 0 Å². The average molecular weight is 354 g/mol. The molecule has 0 spiro atoms. The molecule has 120 valence electrons. The summed E-state index contributed by atoms with van der Waals surface area (Å²) in [7, 11) is 0. The summed E-state index contributed by atoms with van der Waals surface area (Å²) < 4.78 is 10.0. The molecule has 0 saturated carbocycles. The fourth-order valence-corrected chi connectivity index (χ4v) is 1.92. The zero-order valence-corrected chi connectivity index (χ0v) is 13.4. The number of amides is 1. The highest BCUT2D eigenvalue weighted by molar-refractivity contribution is 6.31. The Morgan fingerprint density at radius 2 is 1.70 bits per heavy atom. The summed E-state index contributed by atoms with van der Waals surface area (Å²) >= 11 is 11.5. The highest BCUT2D eigenvalue weighted by atomic mass is 35.5. The van der Waals surface area contributed by atoms with E-state index in [9.17, 15) is 9.59 Å². The van der Waals surface area contributed by atoms with Crippen molar-refractivity contribution in [1.82, 2.24) is 0 Å². The molecule has 23 heavy (non-hydrogen) atoms. The van der Waals surface area contributed by atoms with Gasteiger partial charge in [-0.3, -0.25) is 4.79 Å². The van der Waals surface area contributed by atoms with Crippen LogP contribution in [0.1, 0.15) is 0 Å². The topological polar surface area (TPSA) is 64.6 Å². The van der Waals surface area contributed by atoms with Crippen LogP contribution in [0, 0.1) is 0 Å². The third-order valence-corrected chi connectivity index (χ3v) is 3.13. The Morgan fingerprint density at radius 1 is 0.957 bits per heavy atom. The van der Waals surface area contributed by atoms with Crippen molar-refractivity contribution in [3.05, 3.63) is 58.6 Å². The summed E-state index contributed by atoms with van der Waals surface area (Å²) in [5, 5.41) is 3.63. The van der Waals surface area contributed by atoms with Gasteiger partial charge >= 0.3 is 5.97 Å². The number of carbonyl (C=O) groups is 2. The van der Waals surface area contributed by atoms with E-state index in [1.54, 1.807) is 48.5 Å². The quantitative estimate of drug-likeness (QED) is 0.806. The van der Waals surface area contributed by atoms with Gasteiger partial charge in [0.25, 0.3) is 5.91 Å². The fraction of sp³-hybridized carbons (Fsp3) is 0.125. The number of benzene rings is 2. The minimum atomic E-state index is -0.656. The highest BCUT2D eigenvalue weighted by Crippen LogP contribution is 2.17. The van der Waals surface area contributed by atoms with Gasteiger partial charge in [-0.1, -0.05) is 29.3 Å². The van der Waals surface area contributed by atoms with Crippen LogP contribution in [0.3, 0.4) is 0 Å². The van der Waals surface area contributed by atoms with Crippen molar-refractivity contribution in [2.75, 3.05) is 18.5 Å². The van der Waals surface area contributed by atoms with Gasteiger partial charge in [0.15, 0.2) is 13.2 Å². The minimum Gasteiger partial charge on any atom is -0.482 e. The molecule has 0 aliphatic heterocycles. The molecule has 2 rings (SSSR count). The second kappa shape index (κ2) is 8.41. The van der Waals surface area contributed by atoms with E-state index < -0.39 is 18.5 Å². The predicted molar refractivity (Wildman–Crippen MR) is 88.0 cm³/mol. The summed E-state index contributed by atoms with van der Waals surface area (Å²) in [5.41, 5.74) is 0.561. The molecular formula is C16H13Cl2NO4. The van der Waals surface area contributed by atoms with Crippen LogP contribution in [0.4, 0.5) is 5.69 Å². The van der Waals surface area contributed by atoms with Gasteiger partial charge in [0, 0.05) is 15.7 Å². The number of hydrogen-bond acceptors (Lipinski definition) is 4. The van der Waals surface area contributed by atoms with Crippen molar-refractivity contribution in [3.63, 3.8) is 0 Å². The molecule has 0 aliphatic rings. The molecule has 7 heteroatoms. The first kappa shape index (κ1) is 17.1. The first-order valence-electron chi connectivity index (χ1n) is 6.62. The molecular weight excluding hydrogens is 341 g/mol. The smallest absolute Gasteiger partial charge is 0.344 e. The molecule has 2 aromatic rings. The first-order chi connectivity index (χ1) is 11.0. The third-order valence-electron chi connectivity index (χ3n) is 2.64. The lowest BCUT2D eigenvalue weighted by molar-refractivity contribution is -0.149. The molecule has 2 aromatic carbocycles. The van der Waals surface area contributed by atoms with Gasteiger partial charge in [-0.25, -0.2) is 4.79 Å². The summed E-state index contributed by atoms with van der Waals surface area (Å²) in [6.07, 6.45) is 0. The summed E-state index contributed by atoms with van der Waals surface area (Å²) in [6.45, 7) is -0.713. The standard InChI is InChI=1S/C16H13Cl2NO4/c17-11-4-6-13(7-5-11)19-15(20)9-23-16(21)10-22-14-3-1-2-12(18)8-14/h1-8H,9-10H2,(H,19,20). The monoisotopic (exact) mass is 353 g/mol. The number of halogens is 2. The van der Waals surface area contributed by atoms with Gasteiger partial charge in [-0.15, -0.1) is 0 Å². The maximum absolute atomic E-state index is 11.6. The Kier molecular flexibility index (Phi) is 6.26. The average Bonchev–Trinajstić information content (AvgIpc) is 2.53. The maximum atomic E-state index is 11.6. The molecule has 0 saturated heterocycles. The number of esters is 1.